The second kappa shape index (κ2) is 5.39. The highest BCUT2D eigenvalue weighted by Gasteiger charge is 2.26. The second-order valence-electron chi connectivity index (χ2n) is 4.15. The molecule has 3 rings (SSSR count). The molecular formula is C14H4N6S2. The largest absolute Gasteiger partial charge is 0.347 e. The zero-order valence-corrected chi connectivity index (χ0v) is 12.4. The van der Waals surface area contributed by atoms with Crippen molar-refractivity contribution < 1.29 is 0 Å². The van der Waals surface area contributed by atoms with Gasteiger partial charge in [0, 0.05) is 9.79 Å². The van der Waals surface area contributed by atoms with Crippen molar-refractivity contribution in [2.45, 2.75) is 9.79 Å². The molecule has 2 aliphatic rings. The predicted octanol–water partition coefficient (Wildman–Crippen LogP) is 3.24. The van der Waals surface area contributed by atoms with Gasteiger partial charge < -0.3 is 10.6 Å². The van der Waals surface area contributed by atoms with Gasteiger partial charge in [0.25, 0.3) is 0 Å². The summed E-state index contributed by atoms with van der Waals surface area (Å²) in [5.41, 5.74) is 1.68. The summed E-state index contributed by atoms with van der Waals surface area (Å²) < 4.78 is 0. The molecule has 102 valence electrons. The van der Waals surface area contributed by atoms with Gasteiger partial charge in [-0.2, -0.15) is 21.0 Å². The quantitative estimate of drug-likeness (QED) is 0.699. The Hall–Kier alpha value is -3.04. The molecule has 0 amide bonds. The summed E-state index contributed by atoms with van der Waals surface area (Å²) in [6, 6.07) is 11.2. The first-order valence-corrected chi connectivity index (χ1v) is 7.50. The smallest absolute Gasteiger partial charge is 0.160 e. The molecule has 0 saturated carbocycles. The summed E-state index contributed by atoms with van der Waals surface area (Å²) in [5, 5.41) is 42.8. The van der Waals surface area contributed by atoms with E-state index in [0.717, 1.165) is 21.2 Å². The van der Waals surface area contributed by atoms with Crippen molar-refractivity contribution in [3.05, 3.63) is 33.3 Å². The predicted molar refractivity (Wildman–Crippen MR) is 81.9 cm³/mol. The number of benzene rings is 1. The van der Waals surface area contributed by atoms with E-state index in [0.29, 0.717) is 10.1 Å². The van der Waals surface area contributed by atoms with Gasteiger partial charge in [0.15, 0.2) is 11.1 Å². The van der Waals surface area contributed by atoms with E-state index < -0.39 is 0 Å². The average molecular weight is 320 g/mol. The van der Waals surface area contributed by atoms with Gasteiger partial charge in [0.2, 0.25) is 0 Å². The van der Waals surface area contributed by atoms with E-state index in [1.54, 1.807) is 0 Å². The summed E-state index contributed by atoms with van der Waals surface area (Å²) >= 11 is 2.62. The zero-order chi connectivity index (χ0) is 15.7. The first-order valence-electron chi connectivity index (χ1n) is 5.87. The highest BCUT2D eigenvalue weighted by atomic mass is 32.2. The van der Waals surface area contributed by atoms with E-state index in [1.807, 2.05) is 36.4 Å². The number of thioether (sulfide) groups is 2. The monoisotopic (exact) mass is 320 g/mol. The maximum atomic E-state index is 8.91. The van der Waals surface area contributed by atoms with Gasteiger partial charge in [-0.05, 0) is 12.1 Å². The fourth-order valence-corrected chi connectivity index (χ4v) is 3.86. The van der Waals surface area contributed by atoms with Crippen LogP contribution in [-0.4, -0.2) is 0 Å². The average Bonchev–Trinajstić information content (AvgIpc) is 3.10. The van der Waals surface area contributed by atoms with Crippen LogP contribution in [0.25, 0.3) is 0 Å². The molecule has 0 spiro atoms. The zero-order valence-electron chi connectivity index (χ0n) is 10.8. The van der Waals surface area contributed by atoms with Crippen LogP contribution in [0, 0.1) is 45.3 Å². The lowest BCUT2D eigenvalue weighted by Crippen LogP contribution is -1.93. The lowest BCUT2D eigenvalue weighted by atomic mass is 10.2. The standard InChI is InChI=1S/C14H4N6S2/c15-3-7(4-16)13-19-9-1-11-10(2-12(9)22-13)20-14(21-11)8(5-17)6-18/h1-2,19-20H. The molecule has 2 N–H and O–H groups in total. The third-order valence-electron chi connectivity index (χ3n) is 2.90. The third-order valence-corrected chi connectivity index (χ3v) is 5.04. The van der Waals surface area contributed by atoms with Gasteiger partial charge in [-0.1, -0.05) is 23.5 Å². The van der Waals surface area contributed by atoms with E-state index in [4.69, 9.17) is 21.0 Å². The van der Waals surface area contributed by atoms with Crippen LogP contribution >= 0.6 is 23.5 Å². The van der Waals surface area contributed by atoms with E-state index in [-0.39, 0.29) is 11.1 Å². The van der Waals surface area contributed by atoms with Gasteiger partial charge in [-0.15, -0.1) is 0 Å². The lowest BCUT2D eigenvalue weighted by Gasteiger charge is -2.01. The molecule has 22 heavy (non-hydrogen) atoms. The minimum absolute atomic E-state index is 0.0406. The molecule has 6 nitrogen and oxygen atoms in total. The fourth-order valence-electron chi connectivity index (χ4n) is 1.92. The number of hydrogen-bond acceptors (Lipinski definition) is 8. The summed E-state index contributed by atoms with van der Waals surface area (Å²) in [7, 11) is 0. The molecule has 1 aromatic rings. The number of nitrogens with one attached hydrogen (secondary N) is 2. The van der Waals surface area contributed by atoms with E-state index in [9.17, 15) is 0 Å². The Kier molecular flexibility index (Phi) is 3.41. The SMILES string of the molecule is N#CC(C#N)=C1Nc2cc3c(cc2S1)NC(=C(C#N)C#N)S3. The van der Waals surface area contributed by atoms with Crippen LogP contribution in [-0.2, 0) is 0 Å². The summed E-state index contributed by atoms with van der Waals surface area (Å²) in [6.45, 7) is 0. The van der Waals surface area contributed by atoms with Gasteiger partial charge in [-0.3, -0.25) is 0 Å². The molecule has 0 fully saturated rings. The van der Waals surface area contributed by atoms with Crippen molar-refractivity contribution in [2.24, 2.45) is 0 Å². The third kappa shape index (κ3) is 2.14. The van der Waals surface area contributed by atoms with Crippen molar-refractivity contribution in [1.82, 2.24) is 0 Å². The van der Waals surface area contributed by atoms with Crippen LogP contribution in [0.2, 0.25) is 0 Å². The molecule has 1 aromatic carbocycles. The molecule has 0 saturated heterocycles. The molecule has 0 aromatic heterocycles. The number of fused-ring (bicyclic) bond motifs is 2. The van der Waals surface area contributed by atoms with E-state index in [1.165, 1.54) is 23.5 Å². The number of rotatable bonds is 0. The molecule has 8 heteroatoms. The van der Waals surface area contributed by atoms with Crippen LogP contribution in [0.1, 0.15) is 0 Å². The van der Waals surface area contributed by atoms with Gasteiger partial charge in [-0.25, -0.2) is 0 Å². The maximum absolute atomic E-state index is 8.91. The summed E-state index contributed by atoms with van der Waals surface area (Å²) in [4.78, 5) is 1.75. The Morgan fingerprint density at radius 2 is 1.09 bits per heavy atom. The Balaban J connectivity index is 1.99. The van der Waals surface area contributed by atoms with Crippen molar-refractivity contribution in [1.29, 1.82) is 21.0 Å². The molecule has 0 atom stereocenters. The first-order chi connectivity index (χ1) is 10.7. The number of hydrogen-bond donors (Lipinski definition) is 2. The van der Waals surface area contributed by atoms with Crippen molar-refractivity contribution in [3.63, 3.8) is 0 Å². The van der Waals surface area contributed by atoms with Crippen molar-refractivity contribution >= 4 is 34.9 Å². The number of nitriles is 4. The number of allylic oxidation sites excluding steroid dienone is 2. The highest BCUT2D eigenvalue weighted by Crippen LogP contribution is 2.50. The molecule has 2 aliphatic heterocycles. The van der Waals surface area contributed by atoms with E-state index >= 15 is 0 Å². The minimum atomic E-state index is 0.0406. The minimum Gasteiger partial charge on any atom is -0.347 e. The van der Waals surface area contributed by atoms with Gasteiger partial charge >= 0.3 is 0 Å². The number of anilines is 2. The van der Waals surface area contributed by atoms with Crippen LogP contribution < -0.4 is 10.6 Å². The Bertz CT molecular complexity index is 786. The van der Waals surface area contributed by atoms with Crippen LogP contribution in [0.3, 0.4) is 0 Å². The number of nitrogens with zero attached hydrogens (tertiary/aromatic N) is 4. The maximum Gasteiger partial charge on any atom is 0.160 e. The van der Waals surface area contributed by atoms with Crippen LogP contribution in [0.4, 0.5) is 11.4 Å². The molecule has 0 bridgehead atoms. The summed E-state index contributed by atoms with van der Waals surface area (Å²) in [5.74, 6) is 0. The first kappa shape index (κ1) is 13.9. The fraction of sp³-hybridized carbons (Fsp3) is 0. The molecule has 0 unspecified atom stereocenters. The van der Waals surface area contributed by atoms with Crippen LogP contribution in [0.5, 0.6) is 0 Å². The van der Waals surface area contributed by atoms with Crippen molar-refractivity contribution in [2.75, 3.05) is 10.6 Å². The molecule has 0 aliphatic carbocycles. The lowest BCUT2D eigenvalue weighted by molar-refractivity contribution is 1.35. The normalized spacial score (nSPS) is 13.5. The van der Waals surface area contributed by atoms with Crippen LogP contribution in [0.15, 0.2) is 43.1 Å². The highest BCUT2D eigenvalue weighted by molar-refractivity contribution is 8.04. The Labute approximate surface area is 134 Å². The Morgan fingerprint density at radius 1 is 0.727 bits per heavy atom. The summed E-state index contributed by atoms with van der Waals surface area (Å²) in [6.07, 6.45) is 0. The second-order valence-corrected chi connectivity index (χ2v) is 6.26. The molecule has 2 heterocycles. The van der Waals surface area contributed by atoms with Gasteiger partial charge in [0.1, 0.15) is 34.3 Å². The van der Waals surface area contributed by atoms with Gasteiger partial charge in [0.05, 0.1) is 11.4 Å². The molecular weight excluding hydrogens is 316 g/mol. The Morgan fingerprint density at radius 3 is 1.41 bits per heavy atom. The topological polar surface area (TPSA) is 119 Å². The molecule has 0 radical (unpaired) electrons. The van der Waals surface area contributed by atoms with Crippen molar-refractivity contribution in [3.8, 4) is 24.3 Å². The van der Waals surface area contributed by atoms with E-state index in [2.05, 4.69) is 10.6 Å².